The predicted molar refractivity (Wildman–Crippen MR) is 193 cm³/mol. The van der Waals surface area contributed by atoms with Gasteiger partial charge < -0.3 is 30.8 Å². The molecule has 0 spiro atoms. The Labute approximate surface area is 304 Å². The lowest BCUT2D eigenvalue weighted by Crippen LogP contribution is -2.64. The van der Waals surface area contributed by atoms with Crippen molar-refractivity contribution < 1.29 is 32.6 Å². The molecule has 12 heteroatoms. The monoisotopic (exact) mass is 721 g/mol. The predicted octanol–water partition coefficient (Wildman–Crippen LogP) is 5.68. The van der Waals surface area contributed by atoms with Crippen molar-refractivity contribution in [1.82, 2.24) is 20.7 Å². The maximum Gasteiger partial charge on any atom is 0.416 e. The second kappa shape index (κ2) is 16.5. The van der Waals surface area contributed by atoms with Crippen molar-refractivity contribution in [1.29, 1.82) is 0 Å². The van der Waals surface area contributed by atoms with Gasteiger partial charge in [0.05, 0.1) is 11.7 Å². The number of alkyl halides is 3. The number of halogens is 3. The fraction of sp³-hybridized carbons (Fsp3) is 0.450. The summed E-state index contributed by atoms with van der Waals surface area (Å²) in [6, 6.07) is 22.4. The van der Waals surface area contributed by atoms with Crippen LogP contribution in [-0.2, 0) is 34.3 Å². The van der Waals surface area contributed by atoms with E-state index in [9.17, 15) is 27.9 Å². The lowest BCUT2D eigenvalue weighted by molar-refractivity contribution is -0.137. The molecule has 1 heterocycles. The van der Waals surface area contributed by atoms with Crippen molar-refractivity contribution >= 4 is 11.8 Å². The largest absolute Gasteiger partial charge is 0.489 e. The molecule has 0 aromatic heterocycles. The summed E-state index contributed by atoms with van der Waals surface area (Å²) >= 11 is 0. The van der Waals surface area contributed by atoms with E-state index in [2.05, 4.69) is 10.7 Å². The zero-order valence-electron chi connectivity index (χ0n) is 30.1. The Morgan fingerprint density at radius 3 is 2.23 bits per heavy atom. The van der Waals surface area contributed by atoms with E-state index in [1.807, 2.05) is 75.4 Å². The number of carbonyl (C=O) groups is 2. The number of carbonyl (C=O) groups excluding carboxylic acids is 2. The van der Waals surface area contributed by atoms with Crippen LogP contribution in [0.25, 0.3) is 0 Å². The molecule has 3 aromatic rings. The van der Waals surface area contributed by atoms with Gasteiger partial charge in [-0.05, 0) is 86.1 Å². The van der Waals surface area contributed by atoms with Gasteiger partial charge in [0.2, 0.25) is 5.91 Å². The molecule has 1 saturated carbocycles. The van der Waals surface area contributed by atoms with Gasteiger partial charge in [-0.15, -0.1) is 0 Å². The maximum atomic E-state index is 13.9. The summed E-state index contributed by atoms with van der Waals surface area (Å²) in [7, 11) is 0. The van der Waals surface area contributed by atoms with Gasteiger partial charge in [-0.3, -0.25) is 9.59 Å². The molecule has 0 saturated heterocycles. The molecule has 5 N–H and O–H groups in total. The number of aliphatic hydroxyl groups excluding tert-OH is 1. The van der Waals surface area contributed by atoms with Crippen LogP contribution in [-0.4, -0.2) is 64.7 Å². The van der Waals surface area contributed by atoms with Crippen LogP contribution in [0, 0.1) is 5.92 Å². The van der Waals surface area contributed by atoms with Crippen LogP contribution in [0.2, 0.25) is 0 Å². The van der Waals surface area contributed by atoms with E-state index < -0.39 is 40.7 Å². The van der Waals surface area contributed by atoms with E-state index >= 15 is 0 Å². The average Bonchev–Trinajstić information content (AvgIpc) is 3.84. The van der Waals surface area contributed by atoms with Gasteiger partial charge >= 0.3 is 6.18 Å². The van der Waals surface area contributed by atoms with Crippen molar-refractivity contribution in [3.05, 3.63) is 113 Å². The van der Waals surface area contributed by atoms with Crippen molar-refractivity contribution in [2.45, 2.75) is 82.8 Å². The number of benzene rings is 3. The Morgan fingerprint density at radius 2 is 1.65 bits per heavy atom. The second-order valence-electron chi connectivity index (χ2n) is 13.7. The number of hydrogen-bond acceptors (Lipinski definition) is 7. The van der Waals surface area contributed by atoms with Crippen molar-refractivity contribution in [3.8, 4) is 5.75 Å². The van der Waals surface area contributed by atoms with Gasteiger partial charge in [-0.25, -0.2) is 5.43 Å². The van der Waals surface area contributed by atoms with Crippen molar-refractivity contribution in [2.24, 2.45) is 11.7 Å². The standard InChI is InChI=1S/C40H50F3N5O4/c1-4-21-47(22-5-2)36(50)34-25-39(37(44)51,46-48(34)6-3)33(23-28-15-17-32(18-16-28)52-27-29-11-8-7-9-12-29)35(49)26-45-38(19-20-38)30-13-10-14-31(24-30)40(41,42)43/h7-18,24-25,33,35,45-46,49H,4-6,19-23,26-27H2,1-3H3,(H2,44,51)/t33-,35+,39?/m1/s1. The van der Waals surface area contributed by atoms with Crippen LogP contribution >= 0.6 is 0 Å². The molecular formula is C40H50F3N5O4. The van der Waals surface area contributed by atoms with E-state index in [0.717, 1.165) is 36.1 Å². The number of primary amides is 1. The maximum absolute atomic E-state index is 13.9. The van der Waals surface area contributed by atoms with Crippen LogP contribution in [0.15, 0.2) is 90.6 Å². The lowest BCUT2D eigenvalue weighted by Gasteiger charge is -2.39. The highest BCUT2D eigenvalue weighted by Gasteiger charge is 2.53. The quantitative estimate of drug-likeness (QED) is 0.134. The van der Waals surface area contributed by atoms with Crippen LogP contribution in [0.4, 0.5) is 13.2 Å². The first kappa shape index (κ1) is 38.8. The molecule has 52 heavy (non-hydrogen) atoms. The highest BCUT2D eigenvalue weighted by atomic mass is 19.4. The minimum absolute atomic E-state index is 0.0447. The van der Waals surface area contributed by atoms with Gasteiger partial charge in [0, 0.05) is 37.6 Å². The van der Waals surface area contributed by atoms with Gasteiger partial charge in [-0.1, -0.05) is 68.4 Å². The van der Waals surface area contributed by atoms with Crippen LogP contribution in [0.3, 0.4) is 0 Å². The minimum Gasteiger partial charge on any atom is -0.489 e. The fourth-order valence-electron chi connectivity index (χ4n) is 7.00. The molecule has 1 fully saturated rings. The van der Waals surface area contributed by atoms with Crippen LogP contribution < -0.4 is 21.2 Å². The van der Waals surface area contributed by atoms with Gasteiger partial charge in [0.1, 0.15) is 23.6 Å². The van der Waals surface area contributed by atoms with Crippen molar-refractivity contribution in [3.63, 3.8) is 0 Å². The Hall–Kier alpha value is -4.39. The molecular weight excluding hydrogens is 671 g/mol. The van der Waals surface area contributed by atoms with Gasteiger partial charge in [0.15, 0.2) is 0 Å². The van der Waals surface area contributed by atoms with Gasteiger partial charge in [0.25, 0.3) is 5.91 Å². The summed E-state index contributed by atoms with van der Waals surface area (Å²) in [5, 5.41) is 17.0. The molecule has 5 rings (SSSR count). The number of hydrazine groups is 1. The van der Waals surface area contributed by atoms with E-state index in [1.165, 1.54) is 6.07 Å². The van der Waals surface area contributed by atoms with E-state index in [0.29, 0.717) is 50.4 Å². The number of nitrogens with two attached hydrogens (primary N) is 1. The number of likely N-dealkylation sites (N-methyl/N-ethyl adjacent to an activating group) is 1. The lowest BCUT2D eigenvalue weighted by atomic mass is 9.76. The Bertz CT molecular complexity index is 1690. The first-order chi connectivity index (χ1) is 24.9. The average molecular weight is 722 g/mol. The topological polar surface area (TPSA) is 120 Å². The number of nitrogens with one attached hydrogen (secondary N) is 2. The zero-order chi connectivity index (χ0) is 37.5. The third kappa shape index (κ3) is 8.79. The number of hydrogen-bond donors (Lipinski definition) is 4. The van der Waals surface area contributed by atoms with E-state index in [4.69, 9.17) is 10.5 Å². The zero-order valence-corrected chi connectivity index (χ0v) is 30.1. The number of amides is 2. The third-order valence-corrected chi connectivity index (χ3v) is 10.0. The Balaban J connectivity index is 1.45. The molecule has 2 amide bonds. The smallest absolute Gasteiger partial charge is 0.416 e. The number of aliphatic hydroxyl groups is 1. The molecule has 1 aliphatic heterocycles. The molecule has 3 atom stereocenters. The van der Waals surface area contributed by atoms with Crippen molar-refractivity contribution in [2.75, 3.05) is 26.2 Å². The summed E-state index contributed by atoms with van der Waals surface area (Å²) in [4.78, 5) is 29.3. The van der Waals surface area contributed by atoms with E-state index in [1.54, 1.807) is 22.1 Å². The summed E-state index contributed by atoms with van der Waals surface area (Å²) < 4.78 is 46.7. The van der Waals surface area contributed by atoms with E-state index in [-0.39, 0.29) is 24.6 Å². The fourth-order valence-corrected chi connectivity index (χ4v) is 7.00. The van der Waals surface area contributed by atoms with Crippen LogP contribution in [0.1, 0.15) is 68.7 Å². The number of ether oxygens (including phenoxy) is 1. The Morgan fingerprint density at radius 1 is 0.981 bits per heavy atom. The Kier molecular flexibility index (Phi) is 12.3. The highest BCUT2D eigenvalue weighted by molar-refractivity contribution is 5.97. The van der Waals surface area contributed by atoms with Gasteiger partial charge in [-0.2, -0.15) is 13.2 Å². The summed E-state index contributed by atoms with van der Waals surface area (Å²) in [5.41, 5.74) is 8.84. The summed E-state index contributed by atoms with van der Waals surface area (Å²) in [6.45, 7) is 7.59. The van der Waals surface area contributed by atoms with Crippen LogP contribution in [0.5, 0.6) is 5.75 Å². The first-order valence-electron chi connectivity index (χ1n) is 18.1. The number of nitrogens with zero attached hydrogens (tertiary/aromatic N) is 2. The third-order valence-electron chi connectivity index (χ3n) is 10.0. The normalized spacial score (nSPS) is 19.1. The molecule has 2 aliphatic rings. The minimum atomic E-state index is -4.49. The molecule has 1 aliphatic carbocycles. The first-order valence-corrected chi connectivity index (χ1v) is 18.1. The molecule has 0 radical (unpaired) electrons. The molecule has 9 nitrogen and oxygen atoms in total. The highest BCUT2D eigenvalue weighted by Crippen LogP contribution is 2.47. The summed E-state index contributed by atoms with van der Waals surface area (Å²) in [5.74, 6) is -1.26. The second-order valence-corrected chi connectivity index (χ2v) is 13.7. The number of rotatable bonds is 18. The molecule has 1 unspecified atom stereocenters. The summed E-state index contributed by atoms with van der Waals surface area (Å²) in [6.07, 6.45) is -1.29. The molecule has 280 valence electrons. The molecule has 0 bridgehead atoms. The SMILES string of the molecule is CCCN(CCC)C(=O)C1=CC(C(N)=O)([C@H](Cc2ccc(OCc3ccccc3)cc2)[C@@H](O)CNC2(c3cccc(C(F)(F)F)c3)CC2)NN1CC. The molecule has 3 aromatic carbocycles.